The zero-order valence-corrected chi connectivity index (χ0v) is 18.0. The van der Waals surface area contributed by atoms with Crippen LogP contribution in [-0.4, -0.2) is 31.6 Å². The van der Waals surface area contributed by atoms with Gasteiger partial charge in [-0.2, -0.15) is 0 Å². The summed E-state index contributed by atoms with van der Waals surface area (Å²) in [5.74, 6) is 2.86. The Morgan fingerprint density at radius 2 is 1.94 bits per heavy atom. The molecule has 3 aliphatic rings. The molecule has 2 amide bonds. The van der Waals surface area contributed by atoms with Crippen LogP contribution in [0, 0.1) is 5.92 Å². The van der Waals surface area contributed by atoms with Crippen molar-refractivity contribution in [3.05, 3.63) is 47.5 Å². The lowest BCUT2D eigenvalue weighted by molar-refractivity contribution is -0.122. The zero-order valence-electron chi connectivity index (χ0n) is 18.0. The highest BCUT2D eigenvalue weighted by Crippen LogP contribution is 2.43. The number of nitrogens with one attached hydrogen (secondary N) is 2. The Hall–Kier alpha value is -3.22. The fraction of sp³-hybridized carbons (Fsp3) is 0.440. The number of rotatable bonds is 8. The minimum atomic E-state index is 0.00935. The van der Waals surface area contributed by atoms with Crippen LogP contribution in [0.25, 0.3) is 0 Å². The van der Waals surface area contributed by atoms with Gasteiger partial charge in [0.1, 0.15) is 19.0 Å². The first-order chi connectivity index (χ1) is 15.7. The molecule has 2 N–H and O–H groups in total. The van der Waals surface area contributed by atoms with Gasteiger partial charge in [-0.3, -0.25) is 9.59 Å². The molecule has 2 aliphatic heterocycles. The minimum Gasteiger partial charge on any atom is -0.494 e. The molecule has 0 bridgehead atoms. The molecule has 168 valence electrons. The van der Waals surface area contributed by atoms with Crippen molar-refractivity contribution in [1.29, 1.82) is 0 Å². The summed E-state index contributed by atoms with van der Waals surface area (Å²) in [4.78, 5) is 24.1. The summed E-state index contributed by atoms with van der Waals surface area (Å²) >= 11 is 0. The number of amides is 2. The molecule has 1 fully saturated rings. The highest BCUT2D eigenvalue weighted by molar-refractivity contribution is 5.94. The van der Waals surface area contributed by atoms with Gasteiger partial charge in [-0.25, -0.2) is 0 Å². The highest BCUT2D eigenvalue weighted by Gasteiger charge is 2.34. The predicted molar refractivity (Wildman–Crippen MR) is 119 cm³/mol. The topological polar surface area (TPSA) is 85.9 Å². The predicted octanol–water partition coefficient (Wildman–Crippen LogP) is 3.77. The van der Waals surface area contributed by atoms with Crippen molar-refractivity contribution in [2.45, 2.75) is 44.6 Å². The molecule has 5 rings (SSSR count). The molecular formula is C25H28N2O5. The number of hydrogen-bond donors (Lipinski definition) is 2. The number of hydrogen-bond acceptors (Lipinski definition) is 5. The largest absolute Gasteiger partial charge is 0.494 e. The number of anilines is 1. The van der Waals surface area contributed by atoms with Crippen molar-refractivity contribution in [3.63, 3.8) is 0 Å². The van der Waals surface area contributed by atoms with Crippen LogP contribution in [-0.2, 0) is 16.0 Å². The quantitative estimate of drug-likeness (QED) is 0.616. The third-order valence-electron chi connectivity index (χ3n) is 6.12. The molecule has 2 aromatic carbocycles. The van der Waals surface area contributed by atoms with Crippen molar-refractivity contribution >= 4 is 17.5 Å². The van der Waals surface area contributed by atoms with E-state index in [1.54, 1.807) is 0 Å². The molecule has 2 heterocycles. The standard InChI is InChI=1S/C25H28N2O5/c28-23(2-1-11-30-19-7-8-20-17(14-19)6-10-24(29)26-20)27-25(16-3-4-16)18-5-9-21-22(15-18)32-13-12-31-21/h5,7-9,14-16,25H,1-4,6,10-13H2,(H,26,29)(H,27,28). The molecular weight excluding hydrogens is 408 g/mol. The van der Waals surface area contributed by atoms with Gasteiger partial charge in [0.15, 0.2) is 11.5 Å². The van der Waals surface area contributed by atoms with Gasteiger partial charge in [0, 0.05) is 18.5 Å². The van der Waals surface area contributed by atoms with Crippen LogP contribution in [0.2, 0.25) is 0 Å². The molecule has 0 radical (unpaired) electrons. The fourth-order valence-corrected chi connectivity index (χ4v) is 4.27. The maximum absolute atomic E-state index is 12.6. The lowest BCUT2D eigenvalue weighted by atomic mass is 10.0. The van der Waals surface area contributed by atoms with Crippen molar-refractivity contribution < 1.29 is 23.8 Å². The number of benzene rings is 2. The van der Waals surface area contributed by atoms with E-state index >= 15 is 0 Å². The molecule has 0 saturated heterocycles. The van der Waals surface area contributed by atoms with Crippen molar-refractivity contribution in [2.24, 2.45) is 5.92 Å². The van der Waals surface area contributed by atoms with E-state index in [0.29, 0.717) is 45.0 Å². The molecule has 1 unspecified atom stereocenters. The van der Waals surface area contributed by atoms with Crippen LogP contribution in [0.4, 0.5) is 5.69 Å². The van der Waals surface area contributed by atoms with Gasteiger partial charge < -0.3 is 24.8 Å². The van der Waals surface area contributed by atoms with Crippen molar-refractivity contribution in [3.8, 4) is 17.2 Å². The summed E-state index contributed by atoms with van der Waals surface area (Å²) in [5, 5.41) is 6.08. The first kappa shape index (κ1) is 20.7. The maximum Gasteiger partial charge on any atom is 0.224 e. The van der Waals surface area contributed by atoms with Crippen molar-refractivity contribution in [2.75, 3.05) is 25.1 Å². The van der Waals surface area contributed by atoms with Crippen LogP contribution in [0.1, 0.15) is 49.3 Å². The van der Waals surface area contributed by atoms with E-state index in [2.05, 4.69) is 10.6 Å². The fourth-order valence-electron chi connectivity index (χ4n) is 4.27. The van der Waals surface area contributed by atoms with E-state index in [4.69, 9.17) is 14.2 Å². The van der Waals surface area contributed by atoms with E-state index < -0.39 is 0 Å². The Kier molecular flexibility index (Phi) is 5.88. The number of carbonyl (C=O) groups excluding carboxylic acids is 2. The summed E-state index contributed by atoms with van der Waals surface area (Å²) < 4.78 is 17.2. The second kappa shape index (κ2) is 9.10. The van der Waals surface area contributed by atoms with Crippen LogP contribution >= 0.6 is 0 Å². The molecule has 0 spiro atoms. The average Bonchev–Trinajstić information content (AvgIpc) is 3.65. The molecule has 1 saturated carbocycles. The lowest BCUT2D eigenvalue weighted by Gasteiger charge is -2.23. The summed E-state index contributed by atoms with van der Waals surface area (Å²) in [6.45, 7) is 1.59. The average molecular weight is 437 g/mol. The Morgan fingerprint density at radius 3 is 2.78 bits per heavy atom. The number of ether oxygens (including phenoxy) is 3. The Balaban J connectivity index is 1.11. The number of carbonyl (C=O) groups is 2. The first-order valence-electron chi connectivity index (χ1n) is 11.4. The molecule has 1 aliphatic carbocycles. The molecule has 7 heteroatoms. The highest BCUT2D eigenvalue weighted by atomic mass is 16.6. The Bertz CT molecular complexity index is 1020. The summed E-state index contributed by atoms with van der Waals surface area (Å²) in [5.41, 5.74) is 3.02. The van der Waals surface area contributed by atoms with Crippen molar-refractivity contribution in [1.82, 2.24) is 5.32 Å². The van der Waals surface area contributed by atoms with Gasteiger partial charge >= 0.3 is 0 Å². The van der Waals surface area contributed by atoms with Crippen LogP contribution in [0.15, 0.2) is 36.4 Å². The molecule has 1 atom stereocenters. The summed E-state index contributed by atoms with van der Waals surface area (Å²) in [6, 6.07) is 11.7. The zero-order chi connectivity index (χ0) is 21.9. The Morgan fingerprint density at radius 1 is 1.09 bits per heavy atom. The molecule has 32 heavy (non-hydrogen) atoms. The number of aryl methyl sites for hydroxylation is 1. The van der Waals surface area contributed by atoms with E-state index in [0.717, 1.165) is 53.3 Å². The van der Waals surface area contributed by atoms with Gasteiger partial charge in [-0.1, -0.05) is 6.07 Å². The van der Waals surface area contributed by atoms with Gasteiger partial charge in [-0.05, 0) is 73.1 Å². The van der Waals surface area contributed by atoms with E-state index in [9.17, 15) is 9.59 Å². The third kappa shape index (κ3) is 4.82. The van der Waals surface area contributed by atoms with Crippen LogP contribution in [0.5, 0.6) is 17.2 Å². The second-order valence-corrected chi connectivity index (χ2v) is 8.60. The molecule has 7 nitrogen and oxygen atoms in total. The SMILES string of the molecule is O=C1CCc2cc(OCCCC(=O)NC(c3ccc4c(c3)OCCO4)C3CC3)ccc2N1. The summed E-state index contributed by atoms with van der Waals surface area (Å²) in [6.07, 6.45) is 4.53. The normalized spacial score (nSPS) is 17.7. The van der Waals surface area contributed by atoms with Crippen LogP contribution < -0.4 is 24.8 Å². The van der Waals surface area contributed by atoms with E-state index in [1.165, 1.54) is 0 Å². The van der Waals surface area contributed by atoms with Crippen LogP contribution in [0.3, 0.4) is 0 Å². The number of fused-ring (bicyclic) bond motifs is 2. The third-order valence-corrected chi connectivity index (χ3v) is 6.12. The first-order valence-corrected chi connectivity index (χ1v) is 11.4. The molecule has 0 aromatic heterocycles. The van der Waals surface area contributed by atoms with Gasteiger partial charge in [0.25, 0.3) is 0 Å². The smallest absolute Gasteiger partial charge is 0.224 e. The summed E-state index contributed by atoms with van der Waals surface area (Å²) in [7, 11) is 0. The second-order valence-electron chi connectivity index (χ2n) is 8.60. The van der Waals surface area contributed by atoms with E-state index in [-0.39, 0.29) is 17.9 Å². The van der Waals surface area contributed by atoms with Gasteiger partial charge in [0.2, 0.25) is 11.8 Å². The van der Waals surface area contributed by atoms with E-state index in [1.807, 2.05) is 36.4 Å². The van der Waals surface area contributed by atoms with Gasteiger partial charge in [-0.15, -0.1) is 0 Å². The molecule has 2 aromatic rings. The van der Waals surface area contributed by atoms with Gasteiger partial charge in [0.05, 0.1) is 12.6 Å². The lowest BCUT2D eigenvalue weighted by Crippen LogP contribution is -2.30. The Labute approximate surface area is 187 Å². The minimum absolute atomic E-state index is 0.00935. The maximum atomic E-state index is 12.6. The monoisotopic (exact) mass is 436 g/mol.